The van der Waals surface area contributed by atoms with Crippen LogP contribution in [0, 0.1) is 0 Å². The molecule has 4 N–H and O–H groups in total. The standard InChI is InChI=1S/C10H11F2N3O2/c11-10(12,5-16)4-14-9-15-8-6(13)2-1-3-7(8)17-9/h1-3,16H,4-5,13H2,(H,14,15). The number of nitrogens with zero attached hydrogens (tertiary/aromatic N) is 1. The number of hydrogen-bond donors (Lipinski definition) is 3. The van der Waals surface area contributed by atoms with Crippen LogP contribution in [0.4, 0.5) is 20.5 Å². The zero-order chi connectivity index (χ0) is 12.5. The number of benzene rings is 1. The lowest BCUT2D eigenvalue weighted by atomic mass is 10.3. The lowest BCUT2D eigenvalue weighted by molar-refractivity contribution is -0.0376. The first-order chi connectivity index (χ1) is 8.02. The maximum atomic E-state index is 12.8. The Balaban J connectivity index is 2.18. The molecule has 0 aliphatic rings. The first-order valence-corrected chi connectivity index (χ1v) is 4.89. The molecule has 92 valence electrons. The van der Waals surface area contributed by atoms with Crippen LogP contribution in [0.25, 0.3) is 11.1 Å². The minimum atomic E-state index is -3.22. The van der Waals surface area contributed by atoms with E-state index in [2.05, 4.69) is 10.3 Å². The molecule has 0 saturated heterocycles. The third-order valence-corrected chi connectivity index (χ3v) is 2.18. The van der Waals surface area contributed by atoms with E-state index in [0.717, 1.165) is 0 Å². The molecule has 1 heterocycles. The maximum Gasteiger partial charge on any atom is 0.295 e. The molecule has 0 saturated carbocycles. The predicted molar refractivity (Wildman–Crippen MR) is 58.9 cm³/mol. The number of nitrogens with two attached hydrogens (primary N) is 1. The summed E-state index contributed by atoms with van der Waals surface area (Å²) in [4.78, 5) is 3.93. The highest BCUT2D eigenvalue weighted by Crippen LogP contribution is 2.24. The number of aromatic nitrogens is 1. The van der Waals surface area contributed by atoms with Crippen molar-refractivity contribution < 1.29 is 18.3 Å². The second-order valence-electron chi connectivity index (χ2n) is 3.58. The highest BCUT2D eigenvalue weighted by Gasteiger charge is 2.28. The average Bonchev–Trinajstić information content (AvgIpc) is 2.71. The largest absolute Gasteiger partial charge is 0.423 e. The van der Waals surface area contributed by atoms with Crippen LogP contribution in [0.1, 0.15) is 0 Å². The van der Waals surface area contributed by atoms with E-state index in [4.69, 9.17) is 15.3 Å². The molecule has 0 atom stereocenters. The third-order valence-electron chi connectivity index (χ3n) is 2.18. The number of para-hydroxylation sites is 1. The fourth-order valence-electron chi connectivity index (χ4n) is 1.31. The van der Waals surface area contributed by atoms with Crippen molar-refractivity contribution in [3.63, 3.8) is 0 Å². The Morgan fingerprint density at radius 2 is 2.24 bits per heavy atom. The molecule has 1 aromatic heterocycles. The fraction of sp³-hybridized carbons (Fsp3) is 0.300. The molecule has 0 amide bonds. The lowest BCUT2D eigenvalue weighted by Gasteiger charge is -2.12. The van der Waals surface area contributed by atoms with Crippen LogP contribution in [0.3, 0.4) is 0 Å². The van der Waals surface area contributed by atoms with Gasteiger partial charge < -0.3 is 20.6 Å². The molecular formula is C10H11F2N3O2. The van der Waals surface area contributed by atoms with Gasteiger partial charge in [0.2, 0.25) is 0 Å². The van der Waals surface area contributed by atoms with Gasteiger partial charge in [-0.25, -0.2) is 8.78 Å². The van der Waals surface area contributed by atoms with Crippen molar-refractivity contribution >= 4 is 22.8 Å². The van der Waals surface area contributed by atoms with Crippen LogP contribution in [-0.4, -0.2) is 29.2 Å². The summed E-state index contributed by atoms with van der Waals surface area (Å²) < 4.78 is 30.7. The highest BCUT2D eigenvalue weighted by atomic mass is 19.3. The summed E-state index contributed by atoms with van der Waals surface area (Å²) in [5.74, 6) is -3.22. The second kappa shape index (κ2) is 4.17. The highest BCUT2D eigenvalue weighted by molar-refractivity contribution is 5.86. The molecule has 1 aromatic carbocycles. The Morgan fingerprint density at radius 3 is 2.88 bits per heavy atom. The van der Waals surface area contributed by atoms with Crippen molar-refractivity contribution in [1.29, 1.82) is 0 Å². The van der Waals surface area contributed by atoms with Crippen molar-refractivity contribution in [1.82, 2.24) is 4.98 Å². The third kappa shape index (κ3) is 2.44. The van der Waals surface area contributed by atoms with Crippen LogP contribution in [0.5, 0.6) is 0 Å². The van der Waals surface area contributed by atoms with Crippen LogP contribution < -0.4 is 11.1 Å². The SMILES string of the molecule is Nc1cccc2oc(NCC(F)(F)CO)nc12. The van der Waals surface area contributed by atoms with Gasteiger partial charge >= 0.3 is 0 Å². The van der Waals surface area contributed by atoms with E-state index < -0.39 is 19.1 Å². The zero-order valence-corrected chi connectivity index (χ0v) is 8.78. The second-order valence-corrected chi connectivity index (χ2v) is 3.58. The van der Waals surface area contributed by atoms with E-state index in [0.29, 0.717) is 16.8 Å². The van der Waals surface area contributed by atoms with Crippen molar-refractivity contribution in [2.45, 2.75) is 5.92 Å². The number of aliphatic hydroxyl groups is 1. The smallest absolute Gasteiger partial charge is 0.295 e. The Bertz CT molecular complexity index is 527. The predicted octanol–water partition coefficient (Wildman–Crippen LogP) is 1.45. The molecule has 0 fully saturated rings. The Morgan fingerprint density at radius 1 is 1.47 bits per heavy atom. The van der Waals surface area contributed by atoms with Gasteiger partial charge in [-0.05, 0) is 12.1 Å². The number of hydrogen-bond acceptors (Lipinski definition) is 5. The van der Waals surface area contributed by atoms with Gasteiger partial charge in [-0.3, -0.25) is 0 Å². The molecule has 0 radical (unpaired) electrons. The number of alkyl halides is 2. The summed E-state index contributed by atoms with van der Waals surface area (Å²) in [6, 6.07) is 4.89. The van der Waals surface area contributed by atoms with Gasteiger partial charge in [0.25, 0.3) is 11.9 Å². The van der Waals surface area contributed by atoms with Crippen LogP contribution in [-0.2, 0) is 0 Å². The Hall–Kier alpha value is -1.89. The molecule has 5 nitrogen and oxygen atoms in total. The maximum absolute atomic E-state index is 12.8. The van der Waals surface area contributed by atoms with E-state index in [1.54, 1.807) is 18.2 Å². The minimum absolute atomic E-state index is 0.0500. The van der Waals surface area contributed by atoms with Crippen LogP contribution in [0.2, 0.25) is 0 Å². The van der Waals surface area contributed by atoms with Crippen LogP contribution >= 0.6 is 0 Å². The molecule has 0 bridgehead atoms. The van der Waals surface area contributed by atoms with Gasteiger partial charge in [-0.2, -0.15) is 4.98 Å². The monoisotopic (exact) mass is 243 g/mol. The molecular weight excluding hydrogens is 232 g/mol. The van der Waals surface area contributed by atoms with Crippen molar-refractivity contribution in [2.75, 3.05) is 24.2 Å². The van der Waals surface area contributed by atoms with Gasteiger partial charge in [0, 0.05) is 0 Å². The summed E-state index contributed by atoms with van der Waals surface area (Å²) in [5.41, 5.74) is 6.88. The zero-order valence-electron chi connectivity index (χ0n) is 8.78. The van der Waals surface area contributed by atoms with E-state index in [1.165, 1.54) is 0 Å². The molecule has 2 aromatic rings. The number of oxazole rings is 1. The molecule has 7 heteroatoms. The molecule has 0 unspecified atom stereocenters. The van der Waals surface area contributed by atoms with Crippen molar-refractivity contribution in [3.05, 3.63) is 18.2 Å². The number of aliphatic hydroxyl groups excluding tert-OH is 1. The topological polar surface area (TPSA) is 84.3 Å². The van der Waals surface area contributed by atoms with Gasteiger partial charge in [-0.1, -0.05) is 6.07 Å². The summed E-state index contributed by atoms with van der Waals surface area (Å²) in [5, 5.41) is 10.7. The number of rotatable bonds is 4. The van der Waals surface area contributed by atoms with E-state index in [9.17, 15) is 8.78 Å². The number of anilines is 2. The molecule has 2 rings (SSSR count). The Kier molecular flexibility index (Phi) is 2.84. The first-order valence-electron chi connectivity index (χ1n) is 4.89. The van der Waals surface area contributed by atoms with E-state index in [-0.39, 0.29) is 6.01 Å². The van der Waals surface area contributed by atoms with Crippen LogP contribution in [0.15, 0.2) is 22.6 Å². The molecule has 0 aliphatic carbocycles. The van der Waals surface area contributed by atoms with Crippen molar-refractivity contribution in [3.8, 4) is 0 Å². The summed E-state index contributed by atoms with van der Waals surface area (Å²) in [6.07, 6.45) is 0. The number of nitrogen functional groups attached to an aromatic ring is 1. The molecule has 17 heavy (non-hydrogen) atoms. The number of nitrogens with one attached hydrogen (secondary N) is 1. The summed E-state index contributed by atoms with van der Waals surface area (Å²) in [6.45, 7) is -1.99. The number of fused-ring (bicyclic) bond motifs is 1. The average molecular weight is 243 g/mol. The quantitative estimate of drug-likeness (QED) is 0.708. The fourth-order valence-corrected chi connectivity index (χ4v) is 1.31. The van der Waals surface area contributed by atoms with E-state index in [1.807, 2.05) is 0 Å². The van der Waals surface area contributed by atoms with Gasteiger partial charge in [0.15, 0.2) is 5.58 Å². The number of halogens is 2. The summed E-state index contributed by atoms with van der Waals surface area (Å²) >= 11 is 0. The molecule has 0 aliphatic heterocycles. The Labute approximate surface area is 95.2 Å². The van der Waals surface area contributed by atoms with Gasteiger partial charge in [0.1, 0.15) is 12.1 Å². The van der Waals surface area contributed by atoms with Gasteiger partial charge in [-0.15, -0.1) is 0 Å². The normalized spacial score (nSPS) is 11.9. The first kappa shape index (κ1) is 11.6. The lowest BCUT2D eigenvalue weighted by Crippen LogP contribution is -2.31. The van der Waals surface area contributed by atoms with Crippen molar-refractivity contribution in [2.24, 2.45) is 0 Å². The summed E-state index contributed by atoms with van der Waals surface area (Å²) in [7, 11) is 0. The molecule has 0 spiro atoms. The van der Waals surface area contributed by atoms with E-state index >= 15 is 0 Å². The van der Waals surface area contributed by atoms with Gasteiger partial charge in [0.05, 0.1) is 12.2 Å². The minimum Gasteiger partial charge on any atom is -0.423 e.